The number of amides is 1. The molecular formula is C25H21BrF3N3O2. The first-order chi connectivity index (χ1) is 16.2. The number of hydrogen-bond acceptors (Lipinski definition) is 4. The lowest BCUT2D eigenvalue weighted by Gasteiger charge is -2.38. The van der Waals surface area contributed by atoms with Crippen LogP contribution in [0.15, 0.2) is 65.4 Å². The van der Waals surface area contributed by atoms with Crippen molar-refractivity contribution in [2.45, 2.75) is 44.1 Å². The number of ether oxygens (including phenoxy) is 1. The average molecular weight is 532 g/mol. The zero-order valence-corrected chi connectivity index (χ0v) is 19.8. The third-order valence-electron chi connectivity index (χ3n) is 6.71. The predicted octanol–water partition coefficient (Wildman–Crippen LogP) is 6.00. The molecule has 0 unspecified atom stereocenters. The number of pyridine rings is 2. The lowest BCUT2D eigenvalue weighted by Crippen LogP contribution is -2.51. The summed E-state index contributed by atoms with van der Waals surface area (Å²) in [5, 5.41) is 0. The van der Waals surface area contributed by atoms with Gasteiger partial charge in [-0.2, -0.15) is 13.2 Å². The standard InChI is InChI=1S/C25H21BrF3N3O2/c1-14-15-11-20(21(12-15)34-23-10-9-16(13-30-23)25(27,28)29)32(14)24(33)18-6-3-2-5-17(18)19-7-4-8-22(26)31-19/h2-10,13-15,20-21H,11-12H2,1H3/t14-,15-,20+,21-/m1/s1. The van der Waals surface area contributed by atoms with Crippen LogP contribution in [0.4, 0.5) is 13.2 Å². The molecule has 1 aromatic carbocycles. The number of carbonyl (C=O) groups excluding carboxylic acids is 1. The van der Waals surface area contributed by atoms with Gasteiger partial charge in [0.15, 0.2) is 0 Å². The van der Waals surface area contributed by atoms with Crippen LogP contribution in [-0.4, -0.2) is 39.0 Å². The second-order valence-electron chi connectivity index (χ2n) is 8.68. The maximum absolute atomic E-state index is 13.8. The summed E-state index contributed by atoms with van der Waals surface area (Å²) < 4.78 is 45.2. The molecule has 9 heteroatoms. The highest BCUT2D eigenvalue weighted by Crippen LogP contribution is 2.45. The highest BCUT2D eigenvalue weighted by atomic mass is 79.9. The Balaban J connectivity index is 1.39. The summed E-state index contributed by atoms with van der Waals surface area (Å²) in [5.74, 6) is 0.278. The molecule has 2 bridgehead atoms. The molecule has 5 rings (SSSR count). The number of halogens is 4. The van der Waals surface area contributed by atoms with Crippen LogP contribution in [0.25, 0.3) is 11.3 Å². The second-order valence-corrected chi connectivity index (χ2v) is 9.49. The number of rotatable bonds is 4. The minimum absolute atomic E-state index is 0.0291. The fourth-order valence-corrected chi connectivity index (χ4v) is 5.40. The van der Waals surface area contributed by atoms with E-state index < -0.39 is 11.7 Å². The van der Waals surface area contributed by atoms with Gasteiger partial charge in [0.05, 0.1) is 17.3 Å². The van der Waals surface area contributed by atoms with Gasteiger partial charge in [0.25, 0.3) is 5.91 Å². The normalized spacial score (nSPS) is 23.9. The van der Waals surface area contributed by atoms with Crippen LogP contribution in [0.3, 0.4) is 0 Å². The molecule has 1 amide bonds. The molecule has 0 radical (unpaired) electrons. The molecular weight excluding hydrogens is 511 g/mol. The van der Waals surface area contributed by atoms with Gasteiger partial charge >= 0.3 is 6.18 Å². The molecule has 0 N–H and O–H groups in total. The van der Waals surface area contributed by atoms with Crippen molar-refractivity contribution in [2.75, 3.05) is 0 Å². The van der Waals surface area contributed by atoms with Crippen molar-refractivity contribution < 1.29 is 22.7 Å². The van der Waals surface area contributed by atoms with Crippen LogP contribution >= 0.6 is 15.9 Å². The summed E-state index contributed by atoms with van der Waals surface area (Å²) in [5.41, 5.74) is 1.16. The molecule has 1 saturated carbocycles. The number of likely N-dealkylation sites (tertiary alicyclic amines) is 1. The molecule has 5 nitrogen and oxygen atoms in total. The first-order valence-electron chi connectivity index (χ1n) is 11.0. The van der Waals surface area contributed by atoms with E-state index in [1.165, 1.54) is 6.07 Å². The molecule has 4 atom stereocenters. The molecule has 2 fully saturated rings. The summed E-state index contributed by atoms with van der Waals surface area (Å²) in [6.45, 7) is 2.04. The first kappa shape index (κ1) is 22.8. The van der Waals surface area contributed by atoms with E-state index in [9.17, 15) is 18.0 Å². The topological polar surface area (TPSA) is 55.3 Å². The quantitative estimate of drug-likeness (QED) is 0.387. The van der Waals surface area contributed by atoms with Gasteiger partial charge in [-0.25, -0.2) is 9.97 Å². The van der Waals surface area contributed by atoms with Crippen LogP contribution in [0.5, 0.6) is 5.88 Å². The largest absolute Gasteiger partial charge is 0.472 e. The van der Waals surface area contributed by atoms with E-state index in [4.69, 9.17) is 4.74 Å². The first-order valence-corrected chi connectivity index (χ1v) is 11.8. The maximum Gasteiger partial charge on any atom is 0.417 e. The van der Waals surface area contributed by atoms with Gasteiger partial charge in [-0.3, -0.25) is 4.79 Å². The van der Waals surface area contributed by atoms with Crippen LogP contribution in [0, 0.1) is 5.92 Å². The van der Waals surface area contributed by atoms with Crippen molar-refractivity contribution in [3.8, 4) is 17.1 Å². The Morgan fingerprint density at radius 3 is 2.56 bits per heavy atom. The SMILES string of the molecule is C[C@@H]1[C@H]2C[C@@H](Oc3ccc(C(F)(F)F)cn3)[C@H](C2)N1C(=O)c1ccccc1-c1cccc(Br)n1. The van der Waals surface area contributed by atoms with Crippen LogP contribution in [0.1, 0.15) is 35.7 Å². The second kappa shape index (κ2) is 8.69. The third-order valence-corrected chi connectivity index (χ3v) is 7.15. The molecule has 1 saturated heterocycles. The average Bonchev–Trinajstić information content (AvgIpc) is 3.36. The molecule has 2 aliphatic rings. The minimum Gasteiger partial charge on any atom is -0.472 e. The van der Waals surface area contributed by atoms with E-state index in [2.05, 4.69) is 25.9 Å². The number of aromatic nitrogens is 2. The van der Waals surface area contributed by atoms with Gasteiger partial charge < -0.3 is 9.64 Å². The van der Waals surface area contributed by atoms with Crippen molar-refractivity contribution in [2.24, 2.45) is 5.92 Å². The van der Waals surface area contributed by atoms with Gasteiger partial charge in [-0.15, -0.1) is 0 Å². The summed E-state index contributed by atoms with van der Waals surface area (Å²) >= 11 is 3.39. The van der Waals surface area contributed by atoms with Gasteiger partial charge in [-0.1, -0.05) is 24.3 Å². The van der Waals surface area contributed by atoms with Crippen molar-refractivity contribution in [1.82, 2.24) is 14.9 Å². The van der Waals surface area contributed by atoms with Crippen molar-refractivity contribution in [1.29, 1.82) is 0 Å². The summed E-state index contributed by atoms with van der Waals surface area (Å²) in [7, 11) is 0. The Labute approximate surface area is 203 Å². The lowest BCUT2D eigenvalue weighted by molar-refractivity contribution is -0.137. The number of fused-ring (bicyclic) bond motifs is 2. The van der Waals surface area contributed by atoms with Crippen LogP contribution < -0.4 is 4.74 Å². The molecule has 0 spiro atoms. The van der Waals surface area contributed by atoms with Crippen LogP contribution in [-0.2, 0) is 6.18 Å². The van der Waals surface area contributed by atoms with Crippen LogP contribution in [0.2, 0.25) is 0 Å². The minimum atomic E-state index is -4.45. The van der Waals surface area contributed by atoms with Crippen molar-refractivity contribution in [3.63, 3.8) is 0 Å². The summed E-state index contributed by atoms with van der Waals surface area (Å²) in [6, 6.07) is 15.0. The Hall–Kier alpha value is -2.94. The molecule has 1 aliphatic carbocycles. The van der Waals surface area contributed by atoms with E-state index in [-0.39, 0.29) is 35.9 Å². The monoisotopic (exact) mass is 531 g/mol. The van der Waals surface area contributed by atoms with E-state index >= 15 is 0 Å². The number of nitrogens with zero attached hydrogens (tertiary/aromatic N) is 3. The van der Waals surface area contributed by atoms with Gasteiger partial charge in [-0.05, 0) is 65.9 Å². The highest BCUT2D eigenvalue weighted by molar-refractivity contribution is 9.10. The van der Waals surface area contributed by atoms with E-state index in [0.717, 1.165) is 30.7 Å². The summed E-state index contributed by atoms with van der Waals surface area (Å²) in [6.07, 6.45) is -2.49. The fourth-order valence-electron chi connectivity index (χ4n) is 5.05. The number of hydrogen-bond donors (Lipinski definition) is 0. The smallest absolute Gasteiger partial charge is 0.417 e. The Morgan fingerprint density at radius 2 is 1.88 bits per heavy atom. The third kappa shape index (κ3) is 4.17. The highest BCUT2D eigenvalue weighted by Gasteiger charge is 2.53. The zero-order chi connectivity index (χ0) is 24.0. The predicted molar refractivity (Wildman–Crippen MR) is 123 cm³/mol. The Bertz CT molecular complexity index is 1220. The lowest BCUT2D eigenvalue weighted by atomic mass is 9.96. The summed E-state index contributed by atoms with van der Waals surface area (Å²) in [4.78, 5) is 24.0. The molecule has 176 valence electrons. The van der Waals surface area contributed by atoms with E-state index in [1.54, 1.807) is 6.07 Å². The maximum atomic E-state index is 13.8. The zero-order valence-electron chi connectivity index (χ0n) is 18.2. The van der Waals surface area contributed by atoms with Gasteiger partial charge in [0.1, 0.15) is 10.7 Å². The number of benzene rings is 1. The van der Waals surface area contributed by atoms with Gasteiger partial charge in [0.2, 0.25) is 5.88 Å². The van der Waals surface area contributed by atoms with E-state index in [0.29, 0.717) is 15.9 Å². The number of carbonyl (C=O) groups is 1. The Kier molecular flexibility index (Phi) is 5.83. The van der Waals surface area contributed by atoms with Gasteiger partial charge in [0, 0.05) is 29.4 Å². The molecule has 2 aromatic heterocycles. The van der Waals surface area contributed by atoms with Crippen molar-refractivity contribution >= 4 is 21.8 Å². The molecule has 34 heavy (non-hydrogen) atoms. The van der Waals surface area contributed by atoms with E-state index in [1.807, 2.05) is 48.2 Å². The molecule has 1 aliphatic heterocycles. The fraction of sp³-hybridized carbons (Fsp3) is 0.320. The molecule has 3 heterocycles. The number of piperidine rings is 1. The van der Waals surface area contributed by atoms with Crippen molar-refractivity contribution in [3.05, 3.63) is 76.5 Å². The number of alkyl halides is 3. The molecule has 3 aromatic rings. The Morgan fingerprint density at radius 1 is 1.09 bits per heavy atom.